The van der Waals surface area contributed by atoms with Gasteiger partial charge in [0.2, 0.25) is 0 Å². The Hall–Kier alpha value is -0.620. The molecular weight excluding hydrogens is 334 g/mol. The highest BCUT2D eigenvalue weighted by molar-refractivity contribution is 7.90. The number of hydrogen-bond acceptors (Lipinski definition) is 4. The first-order chi connectivity index (χ1) is 10.5. The lowest BCUT2D eigenvalue weighted by molar-refractivity contribution is 0.104. The van der Waals surface area contributed by atoms with Crippen LogP contribution in [0, 0.1) is 17.8 Å². The van der Waals surface area contributed by atoms with E-state index in [1.54, 1.807) is 12.1 Å². The van der Waals surface area contributed by atoms with E-state index in [0.29, 0.717) is 11.5 Å². The van der Waals surface area contributed by atoms with Crippen LogP contribution in [0.15, 0.2) is 29.2 Å². The largest absolute Gasteiger partial charge is 0.376 e. The van der Waals surface area contributed by atoms with Crippen LogP contribution in [0.1, 0.15) is 24.8 Å². The SMILES string of the molecule is CS(=O)(=O)c1ccc(COC[C@H]2C[C@@H]2C2CCNCC2)cc1.Cl. The minimum absolute atomic E-state index is 0. The van der Waals surface area contributed by atoms with E-state index < -0.39 is 9.84 Å². The Morgan fingerprint density at radius 1 is 1.17 bits per heavy atom. The highest BCUT2D eigenvalue weighted by Gasteiger charge is 2.42. The fourth-order valence-electron chi connectivity index (χ4n) is 3.47. The van der Waals surface area contributed by atoms with Crippen LogP contribution >= 0.6 is 12.4 Å². The second-order valence-electron chi connectivity index (χ2n) is 6.68. The summed E-state index contributed by atoms with van der Waals surface area (Å²) in [5.74, 6) is 2.50. The zero-order valence-corrected chi connectivity index (χ0v) is 15.2. The molecule has 2 fully saturated rings. The Balaban J connectivity index is 0.00000192. The van der Waals surface area contributed by atoms with Gasteiger partial charge in [-0.15, -0.1) is 12.4 Å². The maximum atomic E-state index is 11.4. The highest BCUT2D eigenvalue weighted by atomic mass is 35.5. The second-order valence-corrected chi connectivity index (χ2v) is 8.69. The van der Waals surface area contributed by atoms with Crippen molar-refractivity contribution < 1.29 is 13.2 Å². The fourth-order valence-corrected chi connectivity index (χ4v) is 4.10. The molecule has 2 aliphatic rings. The number of ether oxygens (including phenoxy) is 1. The molecular formula is C17H26ClNO3S. The summed E-state index contributed by atoms with van der Waals surface area (Å²) in [6, 6.07) is 6.99. The molecule has 0 bridgehead atoms. The zero-order chi connectivity index (χ0) is 15.6. The minimum atomic E-state index is -3.11. The van der Waals surface area contributed by atoms with Crippen LogP contribution in [0.2, 0.25) is 0 Å². The number of piperidine rings is 1. The predicted octanol–water partition coefficient (Wildman–Crippen LogP) is 2.66. The van der Waals surface area contributed by atoms with Crippen molar-refractivity contribution in [2.45, 2.75) is 30.8 Å². The van der Waals surface area contributed by atoms with E-state index >= 15 is 0 Å². The molecule has 0 unspecified atom stereocenters. The first-order valence-corrected chi connectivity index (χ1v) is 10.0. The third-order valence-corrected chi connectivity index (χ3v) is 6.05. The van der Waals surface area contributed by atoms with Gasteiger partial charge in [0, 0.05) is 6.26 Å². The Morgan fingerprint density at radius 3 is 2.43 bits per heavy atom. The summed E-state index contributed by atoms with van der Waals surface area (Å²) in [4.78, 5) is 0.365. The van der Waals surface area contributed by atoms with Crippen LogP contribution in [0.5, 0.6) is 0 Å². The lowest BCUT2D eigenvalue weighted by atomic mass is 9.92. The maximum absolute atomic E-state index is 11.4. The Morgan fingerprint density at radius 2 is 1.83 bits per heavy atom. The summed E-state index contributed by atoms with van der Waals surface area (Å²) >= 11 is 0. The molecule has 0 aromatic heterocycles. The zero-order valence-electron chi connectivity index (χ0n) is 13.5. The smallest absolute Gasteiger partial charge is 0.175 e. The molecule has 23 heavy (non-hydrogen) atoms. The van der Waals surface area contributed by atoms with Crippen molar-refractivity contribution in [3.05, 3.63) is 29.8 Å². The van der Waals surface area contributed by atoms with Gasteiger partial charge in [-0.3, -0.25) is 0 Å². The van der Waals surface area contributed by atoms with Crippen LogP contribution < -0.4 is 5.32 Å². The van der Waals surface area contributed by atoms with Gasteiger partial charge in [0.05, 0.1) is 18.1 Å². The molecule has 2 atom stereocenters. The number of rotatable bonds is 6. The van der Waals surface area contributed by atoms with Crippen LogP contribution in [0.3, 0.4) is 0 Å². The summed E-state index contributed by atoms with van der Waals surface area (Å²) in [7, 11) is -3.11. The number of benzene rings is 1. The fraction of sp³-hybridized carbons (Fsp3) is 0.647. The Bertz CT molecular complexity index is 597. The topological polar surface area (TPSA) is 55.4 Å². The normalized spacial score (nSPS) is 24.9. The summed E-state index contributed by atoms with van der Waals surface area (Å²) in [6.07, 6.45) is 5.17. The number of nitrogens with one attached hydrogen (secondary N) is 1. The van der Waals surface area contributed by atoms with E-state index in [1.165, 1.54) is 38.6 Å². The van der Waals surface area contributed by atoms with Crippen LogP contribution in [0.25, 0.3) is 0 Å². The van der Waals surface area contributed by atoms with Gasteiger partial charge in [-0.05, 0) is 67.8 Å². The molecule has 0 spiro atoms. The average Bonchev–Trinajstić information content (AvgIpc) is 3.27. The van der Waals surface area contributed by atoms with Crippen LogP contribution in [0.4, 0.5) is 0 Å². The summed E-state index contributed by atoms with van der Waals surface area (Å²) in [6.45, 7) is 3.74. The van der Waals surface area contributed by atoms with Gasteiger partial charge in [-0.2, -0.15) is 0 Å². The lowest BCUT2D eigenvalue weighted by Gasteiger charge is -2.22. The first kappa shape index (κ1) is 18.7. The third kappa shape index (κ3) is 5.18. The van der Waals surface area contributed by atoms with Gasteiger partial charge < -0.3 is 10.1 Å². The van der Waals surface area contributed by atoms with E-state index in [-0.39, 0.29) is 12.4 Å². The molecule has 1 aromatic rings. The molecule has 0 amide bonds. The number of hydrogen-bond donors (Lipinski definition) is 1. The quantitative estimate of drug-likeness (QED) is 0.848. The number of halogens is 1. The molecule has 1 N–H and O–H groups in total. The summed E-state index contributed by atoms with van der Waals surface area (Å²) in [5, 5.41) is 3.42. The maximum Gasteiger partial charge on any atom is 0.175 e. The molecule has 6 heteroatoms. The van der Waals surface area contributed by atoms with Crippen molar-refractivity contribution in [1.29, 1.82) is 0 Å². The van der Waals surface area contributed by atoms with Gasteiger partial charge in [0.25, 0.3) is 0 Å². The van der Waals surface area contributed by atoms with E-state index in [1.807, 2.05) is 12.1 Å². The molecule has 1 heterocycles. The molecule has 1 aliphatic heterocycles. The molecule has 4 nitrogen and oxygen atoms in total. The number of sulfone groups is 1. The average molecular weight is 360 g/mol. The van der Waals surface area contributed by atoms with Crippen molar-refractivity contribution >= 4 is 22.2 Å². The molecule has 3 rings (SSSR count). The van der Waals surface area contributed by atoms with Gasteiger partial charge in [0.1, 0.15) is 0 Å². The van der Waals surface area contributed by atoms with Crippen molar-refractivity contribution in [2.24, 2.45) is 17.8 Å². The molecule has 1 saturated carbocycles. The van der Waals surface area contributed by atoms with E-state index in [0.717, 1.165) is 29.9 Å². The van der Waals surface area contributed by atoms with Crippen molar-refractivity contribution in [1.82, 2.24) is 5.32 Å². The van der Waals surface area contributed by atoms with Crippen molar-refractivity contribution in [2.75, 3.05) is 26.0 Å². The van der Waals surface area contributed by atoms with Crippen LogP contribution in [-0.4, -0.2) is 34.4 Å². The van der Waals surface area contributed by atoms with Gasteiger partial charge in [0.15, 0.2) is 9.84 Å². The van der Waals surface area contributed by atoms with Crippen molar-refractivity contribution in [3.63, 3.8) is 0 Å². The van der Waals surface area contributed by atoms with E-state index in [2.05, 4.69) is 5.32 Å². The minimum Gasteiger partial charge on any atom is -0.376 e. The highest BCUT2D eigenvalue weighted by Crippen LogP contribution is 2.47. The Labute approximate surface area is 145 Å². The second kappa shape index (κ2) is 7.97. The molecule has 130 valence electrons. The molecule has 1 aromatic carbocycles. The first-order valence-electron chi connectivity index (χ1n) is 8.11. The van der Waals surface area contributed by atoms with Gasteiger partial charge in [-0.1, -0.05) is 12.1 Å². The standard InChI is InChI=1S/C17H25NO3S.ClH/c1-22(19,20)16-4-2-13(3-5-16)11-21-12-15-10-17(15)14-6-8-18-9-7-14;/h2-5,14-15,17-18H,6-12H2,1H3;1H/t15-,17-;/m1./s1. The molecule has 0 radical (unpaired) electrons. The lowest BCUT2D eigenvalue weighted by Crippen LogP contribution is -2.29. The van der Waals surface area contributed by atoms with Gasteiger partial charge in [-0.25, -0.2) is 8.42 Å². The van der Waals surface area contributed by atoms with E-state index in [4.69, 9.17) is 4.74 Å². The summed E-state index contributed by atoms with van der Waals surface area (Å²) < 4.78 is 28.6. The predicted molar refractivity (Wildman–Crippen MR) is 93.6 cm³/mol. The van der Waals surface area contributed by atoms with Gasteiger partial charge >= 0.3 is 0 Å². The van der Waals surface area contributed by atoms with E-state index in [9.17, 15) is 8.42 Å². The molecule has 1 saturated heterocycles. The summed E-state index contributed by atoms with van der Waals surface area (Å²) in [5.41, 5.74) is 1.03. The monoisotopic (exact) mass is 359 g/mol. The Kier molecular flexibility index (Phi) is 6.48. The van der Waals surface area contributed by atoms with Crippen LogP contribution in [-0.2, 0) is 21.2 Å². The van der Waals surface area contributed by atoms with Crippen molar-refractivity contribution in [3.8, 4) is 0 Å². The third-order valence-electron chi connectivity index (χ3n) is 4.92. The molecule has 1 aliphatic carbocycles.